The van der Waals surface area contributed by atoms with Gasteiger partial charge in [0.25, 0.3) is 0 Å². The fourth-order valence-electron chi connectivity index (χ4n) is 0.990. The number of carbonyl (C=O) groups is 1. The summed E-state index contributed by atoms with van der Waals surface area (Å²) in [5, 5.41) is 0. The molecule has 0 fully saturated rings. The van der Waals surface area contributed by atoms with E-state index < -0.39 is 5.66 Å². The van der Waals surface area contributed by atoms with Gasteiger partial charge in [0.05, 0.1) is 0 Å². The van der Waals surface area contributed by atoms with Gasteiger partial charge in [-0.25, -0.2) is 0 Å². The highest BCUT2D eigenvalue weighted by Gasteiger charge is 2.27. The average molecular weight is 158 g/mol. The lowest BCUT2D eigenvalue weighted by Gasteiger charge is -2.31. The van der Waals surface area contributed by atoms with E-state index in [2.05, 4.69) is 13.8 Å². The first kappa shape index (κ1) is 10.6. The molecule has 0 bridgehead atoms. The Hall–Kier alpha value is -0.410. The van der Waals surface area contributed by atoms with Crippen LogP contribution in [0.3, 0.4) is 0 Å². The Morgan fingerprint density at radius 2 is 2.00 bits per heavy atom. The van der Waals surface area contributed by atoms with Crippen LogP contribution in [0.4, 0.5) is 0 Å². The van der Waals surface area contributed by atoms with E-state index in [1.54, 1.807) is 4.90 Å². The lowest BCUT2D eigenvalue weighted by atomic mass is 9.98. The van der Waals surface area contributed by atoms with Crippen molar-refractivity contribution in [3.05, 3.63) is 0 Å². The summed E-state index contributed by atoms with van der Waals surface area (Å²) >= 11 is 0. The normalized spacial score (nSPS) is 17.0. The van der Waals surface area contributed by atoms with Crippen LogP contribution in [0.1, 0.15) is 20.3 Å². The van der Waals surface area contributed by atoms with E-state index in [1.807, 2.05) is 14.1 Å². The molecule has 0 radical (unpaired) electrons. The lowest BCUT2D eigenvalue weighted by Crippen LogP contribution is -2.54. The topological polar surface area (TPSA) is 46.3 Å². The first-order chi connectivity index (χ1) is 4.92. The molecule has 66 valence electrons. The van der Waals surface area contributed by atoms with Crippen LogP contribution < -0.4 is 5.73 Å². The molecule has 0 amide bonds. The second kappa shape index (κ2) is 3.83. The third-order valence-corrected chi connectivity index (χ3v) is 1.77. The zero-order valence-electron chi connectivity index (χ0n) is 7.79. The summed E-state index contributed by atoms with van der Waals surface area (Å²) in [6.07, 6.45) is 1.51. The zero-order chi connectivity index (χ0) is 9.07. The van der Waals surface area contributed by atoms with Crippen LogP contribution in [0.2, 0.25) is 0 Å². The number of hydrogen-bond acceptors (Lipinski definition) is 3. The molecule has 2 N–H and O–H groups in total. The molecule has 11 heavy (non-hydrogen) atoms. The van der Waals surface area contributed by atoms with Crippen LogP contribution in [0, 0.1) is 5.92 Å². The summed E-state index contributed by atoms with van der Waals surface area (Å²) < 4.78 is 0. The lowest BCUT2D eigenvalue weighted by molar-refractivity contribution is -0.117. The van der Waals surface area contributed by atoms with Crippen molar-refractivity contribution in [2.75, 3.05) is 14.1 Å². The summed E-state index contributed by atoms with van der Waals surface area (Å²) in [5.41, 5.74) is 5.02. The highest BCUT2D eigenvalue weighted by molar-refractivity contribution is 5.62. The Labute approximate surface area is 68.6 Å². The van der Waals surface area contributed by atoms with E-state index in [0.29, 0.717) is 12.3 Å². The minimum atomic E-state index is -0.784. The molecule has 0 rings (SSSR count). The van der Waals surface area contributed by atoms with Crippen LogP contribution >= 0.6 is 0 Å². The molecule has 0 aliphatic heterocycles. The Bertz CT molecular complexity index is 134. The second-order valence-corrected chi connectivity index (χ2v) is 3.60. The highest BCUT2D eigenvalue weighted by atomic mass is 16.1. The highest BCUT2D eigenvalue weighted by Crippen LogP contribution is 2.13. The molecule has 1 atom stereocenters. The van der Waals surface area contributed by atoms with Gasteiger partial charge in [0.15, 0.2) is 6.29 Å². The number of carbonyl (C=O) groups excluding carboxylic acids is 1. The maximum absolute atomic E-state index is 10.6. The fraction of sp³-hybridized carbons (Fsp3) is 0.875. The van der Waals surface area contributed by atoms with E-state index in [4.69, 9.17) is 5.73 Å². The molecule has 0 spiro atoms. The van der Waals surface area contributed by atoms with Gasteiger partial charge in [0.2, 0.25) is 0 Å². The van der Waals surface area contributed by atoms with Crippen LogP contribution in [0.5, 0.6) is 0 Å². The molecule has 0 aliphatic carbocycles. The molecular weight excluding hydrogens is 140 g/mol. The molecule has 3 heteroatoms. The van der Waals surface area contributed by atoms with Gasteiger partial charge < -0.3 is 5.73 Å². The summed E-state index contributed by atoms with van der Waals surface area (Å²) in [7, 11) is 3.63. The van der Waals surface area contributed by atoms with Crippen molar-refractivity contribution in [1.29, 1.82) is 0 Å². The van der Waals surface area contributed by atoms with Crippen LogP contribution in [0.15, 0.2) is 0 Å². The fourth-order valence-corrected chi connectivity index (χ4v) is 0.990. The quantitative estimate of drug-likeness (QED) is 0.477. The van der Waals surface area contributed by atoms with E-state index in [-0.39, 0.29) is 0 Å². The van der Waals surface area contributed by atoms with Gasteiger partial charge in [-0.3, -0.25) is 9.69 Å². The van der Waals surface area contributed by atoms with E-state index in [0.717, 1.165) is 6.29 Å². The van der Waals surface area contributed by atoms with Crippen LogP contribution in [-0.4, -0.2) is 30.9 Å². The molecular formula is C8H18N2O. The molecule has 0 aromatic rings. The molecule has 0 aromatic heterocycles. The molecule has 3 nitrogen and oxygen atoms in total. The SMILES string of the molecule is CC(C)CC(N)(C=O)N(C)C. The standard InChI is InChI=1S/C8H18N2O/c1-7(2)5-8(9,6-11)10(3)4/h6-7H,5,9H2,1-4H3. The van der Waals surface area contributed by atoms with Gasteiger partial charge in [0, 0.05) is 0 Å². The number of nitrogens with two attached hydrogens (primary N) is 1. The van der Waals surface area contributed by atoms with Gasteiger partial charge in [0.1, 0.15) is 5.66 Å². The van der Waals surface area contributed by atoms with E-state index in [1.165, 1.54) is 0 Å². The first-order valence-corrected chi connectivity index (χ1v) is 3.85. The maximum atomic E-state index is 10.6. The van der Waals surface area contributed by atoms with Gasteiger partial charge in [-0.15, -0.1) is 0 Å². The van der Waals surface area contributed by atoms with Crippen molar-refractivity contribution in [1.82, 2.24) is 4.90 Å². The molecule has 1 unspecified atom stereocenters. The molecule has 0 saturated carbocycles. The Balaban J connectivity index is 4.22. The number of rotatable bonds is 4. The summed E-state index contributed by atoms with van der Waals surface area (Å²) in [4.78, 5) is 12.4. The maximum Gasteiger partial charge on any atom is 0.154 e. The minimum Gasteiger partial charge on any atom is -0.307 e. The molecule has 0 aromatic carbocycles. The van der Waals surface area contributed by atoms with Gasteiger partial charge in [-0.1, -0.05) is 13.8 Å². The minimum absolute atomic E-state index is 0.438. The van der Waals surface area contributed by atoms with Crippen LogP contribution in [0.25, 0.3) is 0 Å². The number of hydrogen-bond donors (Lipinski definition) is 1. The molecule has 0 aliphatic rings. The predicted octanol–water partition coefficient (Wildman–Crippen LogP) is 0.448. The third kappa shape index (κ3) is 2.99. The predicted molar refractivity (Wildman–Crippen MR) is 46.1 cm³/mol. The summed E-state index contributed by atoms with van der Waals surface area (Å²) in [6.45, 7) is 4.10. The summed E-state index contributed by atoms with van der Waals surface area (Å²) in [5.74, 6) is 0.438. The molecule has 0 heterocycles. The van der Waals surface area contributed by atoms with E-state index >= 15 is 0 Å². The van der Waals surface area contributed by atoms with Gasteiger partial charge in [-0.2, -0.15) is 0 Å². The summed E-state index contributed by atoms with van der Waals surface area (Å²) in [6, 6.07) is 0. The number of aldehydes is 1. The van der Waals surface area contributed by atoms with Crippen molar-refractivity contribution in [2.24, 2.45) is 11.7 Å². The Morgan fingerprint density at radius 1 is 1.55 bits per heavy atom. The smallest absolute Gasteiger partial charge is 0.154 e. The van der Waals surface area contributed by atoms with Crippen molar-refractivity contribution in [3.63, 3.8) is 0 Å². The Kier molecular flexibility index (Phi) is 3.69. The van der Waals surface area contributed by atoms with Gasteiger partial charge >= 0.3 is 0 Å². The second-order valence-electron chi connectivity index (χ2n) is 3.60. The third-order valence-electron chi connectivity index (χ3n) is 1.77. The van der Waals surface area contributed by atoms with Crippen molar-refractivity contribution in [2.45, 2.75) is 25.9 Å². The van der Waals surface area contributed by atoms with Crippen molar-refractivity contribution in [3.8, 4) is 0 Å². The number of likely N-dealkylation sites (N-methyl/N-ethyl adjacent to an activating group) is 1. The number of nitrogens with zero attached hydrogens (tertiary/aromatic N) is 1. The monoisotopic (exact) mass is 158 g/mol. The van der Waals surface area contributed by atoms with Crippen LogP contribution in [-0.2, 0) is 4.79 Å². The van der Waals surface area contributed by atoms with Crippen molar-refractivity contribution < 1.29 is 4.79 Å². The zero-order valence-corrected chi connectivity index (χ0v) is 7.79. The molecule has 0 saturated heterocycles. The van der Waals surface area contributed by atoms with Crippen molar-refractivity contribution >= 4 is 6.29 Å². The van der Waals surface area contributed by atoms with E-state index in [9.17, 15) is 4.79 Å². The van der Waals surface area contributed by atoms with Gasteiger partial charge in [-0.05, 0) is 26.4 Å². The average Bonchev–Trinajstić information content (AvgIpc) is 1.86. The first-order valence-electron chi connectivity index (χ1n) is 3.85. The Morgan fingerprint density at radius 3 is 2.09 bits per heavy atom. The largest absolute Gasteiger partial charge is 0.307 e.